The number of amides is 1. The molecule has 2 fully saturated rings. The molecule has 2 saturated carbocycles. The minimum absolute atomic E-state index is 0. The third-order valence-corrected chi connectivity index (χ3v) is 6.67. The fourth-order valence-electron chi connectivity index (χ4n) is 5.30. The Balaban J connectivity index is 0.00000136. The van der Waals surface area contributed by atoms with Crippen molar-refractivity contribution in [1.82, 2.24) is 25.3 Å². The van der Waals surface area contributed by atoms with E-state index in [0.717, 1.165) is 47.8 Å². The number of nitrogens with one attached hydrogen (secondary N) is 1. The first-order valence-electron chi connectivity index (χ1n) is 10.4. The van der Waals surface area contributed by atoms with Gasteiger partial charge in [-0.2, -0.15) is 0 Å². The van der Waals surface area contributed by atoms with Gasteiger partial charge in [-0.3, -0.25) is 9.78 Å². The topological polar surface area (TPSA) is 98.7 Å². The Labute approximate surface area is 194 Å². The zero-order valence-corrected chi connectivity index (χ0v) is 19.0. The van der Waals surface area contributed by atoms with Crippen LogP contribution in [0.3, 0.4) is 0 Å². The summed E-state index contributed by atoms with van der Waals surface area (Å²) in [6.07, 6.45) is 9.10. The summed E-state index contributed by atoms with van der Waals surface area (Å²) in [5.41, 5.74) is 8.25. The van der Waals surface area contributed by atoms with E-state index in [9.17, 15) is 4.79 Å². The Morgan fingerprint density at radius 2 is 1.90 bits per heavy atom. The van der Waals surface area contributed by atoms with Gasteiger partial charge in [-0.1, -0.05) is 23.8 Å². The lowest BCUT2D eigenvalue weighted by Gasteiger charge is -2.45. The van der Waals surface area contributed by atoms with Crippen molar-refractivity contribution in [3.8, 4) is 5.69 Å². The number of fused-ring (bicyclic) bond motifs is 3. The van der Waals surface area contributed by atoms with Gasteiger partial charge in [-0.15, -0.1) is 29.9 Å². The molecule has 0 aliphatic heterocycles. The fraction of sp³-hybridized carbons (Fsp3) is 0.455. The van der Waals surface area contributed by atoms with Gasteiger partial charge in [0.1, 0.15) is 0 Å². The van der Waals surface area contributed by atoms with Crippen LogP contribution in [0, 0.1) is 18.8 Å². The number of hydrogen-bond donors (Lipinski definition) is 2. The van der Waals surface area contributed by atoms with Crippen LogP contribution in [0.4, 0.5) is 0 Å². The van der Waals surface area contributed by atoms with Gasteiger partial charge in [0.15, 0.2) is 5.69 Å². The molecule has 2 bridgehead atoms. The molecule has 2 aliphatic carbocycles. The second-order valence-corrected chi connectivity index (χ2v) is 8.49. The van der Waals surface area contributed by atoms with E-state index >= 15 is 0 Å². The lowest BCUT2D eigenvalue weighted by molar-refractivity contribution is 0.0751. The van der Waals surface area contributed by atoms with Gasteiger partial charge in [-0.05, 0) is 56.6 Å². The molecule has 3 N–H and O–H groups in total. The molecule has 2 unspecified atom stereocenters. The van der Waals surface area contributed by atoms with Crippen molar-refractivity contribution in [3.63, 3.8) is 0 Å². The summed E-state index contributed by atoms with van der Waals surface area (Å²) < 4.78 is 1.74. The summed E-state index contributed by atoms with van der Waals surface area (Å²) in [5, 5.41) is 13.9. The average molecular weight is 463 g/mol. The van der Waals surface area contributed by atoms with E-state index in [1.807, 2.05) is 37.4 Å². The summed E-state index contributed by atoms with van der Waals surface area (Å²) in [5.74, 6) is 0.817. The maximum Gasteiger partial charge on any atom is 0.274 e. The van der Waals surface area contributed by atoms with Crippen LogP contribution in [0.1, 0.15) is 48.3 Å². The molecule has 2 heterocycles. The summed E-state index contributed by atoms with van der Waals surface area (Å²) in [6, 6.07) is 8.38. The fourth-order valence-corrected chi connectivity index (χ4v) is 5.30. The minimum atomic E-state index is -0.131. The van der Waals surface area contributed by atoms with Crippen LogP contribution in [0.2, 0.25) is 0 Å². The van der Waals surface area contributed by atoms with Gasteiger partial charge in [-0.25, -0.2) is 4.68 Å². The second kappa shape index (κ2) is 9.51. The first-order chi connectivity index (χ1) is 14.1. The first kappa shape index (κ1) is 23.4. The number of hydrogen-bond acceptors (Lipinski definition) is 5. The van der Waals surface area contributed by atoms with Crippen LogP contribution >= 0.6 is 24.8 Å². The molecule has 7 nitrogen and oxygen atoms in total. The van der Waals surface area contributed by atoms with Gasteiger partial charge >= 0.3 is 0 Å². The molecule has 1 amide bonds. The summed E-state index contributed by atoms with van der Waals surface area (Å²) in [6.45, 7) is 1.90. The monoisotopic (exact) mass is 462 g/mol. The van der Waals surface area contributed by atoms with E-state index in [-0.39, 0.29) is 42.8 Å². The van der Waals surface area contributed by atoms with Crippen molar-refractivity contribution in [2.45, 2.75) is 51.1 Å². The van der Waals surface area contributed by atoms with Crippen LogP contribution in [0.5, 0.6) is 0 Å². The summed E-state index contributed by atoms with van der Waals surface area (Å²) >= 11 is 0. The lowest BCUT2D eigenvalue weighted by atomic mass is 9.67. The quantitative estimate of drug-likeness (QED) is 0.619. The van der Waals surface area contributed by atoms with Crippen molar-refractivity contribution in [2.24, 2.45) is 17.6 Å². The number of carbonyl (C=O) groups excluding carboxylic acids is 1. The highest BCUT2D eigenvalue weighted by Gasteiger charge is 2.40. The molecule has 0 radical (unpaired) electrons. The van der Waals surface area contributed by atoms with Gasteiger partial charge in [0, 0.05) is 35.2 Å². The van der Waals surface area contributed by atoms with E-state index < -0.39 is 0 Å². The smallest absolute Gasteiger partial charge is 0.274 e. The van der Waals surface area contributed by atoms with E-state index in [1.54, 1.807) is 10.9 Å². The number of aromatic nitrogens is 4. The Morgan fingerprint density at radius 1 is 1.16 bits per heavy atom. The number of carbonyl (C=O) groups is 1. The van der Waals surface area contributed by atoms with Gasteiger partial charge in [0.2, 0.25) is 0 Å². The molecule has 166 valence electrons. The molecule has 3 aromatic rings. The first-order valence-corrected chi connectivity index (χ1v) is 10.4. The minimum Gasteiger partial charge on any atom is -0.347 e. The third kappa shape index (κ3) is 4.27. The highest BCUT2D eigenvalue weighted by Crippen LogP contribution is 2.39. The molecule has 31 heavy (non-hydrogen) atoms. The van der Waals surface area contributed by atoms with Crippen molar-refractivity contribution < 1.29 is 4.79 Å². The molecular weight excluding hydrogens is 435 g/mol. The highest BCUT2D eigenvalue weighted by molar-refractivity contribution is 5.94. The molecule has 0 saturated heterocycles. The van der Waals surface area contributed by atoms with Gasteiger partial charge < -0.3 is 11.1 Å². The molecule has 2 aromatic heterocycles. The Kier molecular flexibility index (Phi) is 7.19. The number of halogens is 2. The van der Waals surface area contributed by atoms with E-state index in [1.165, 1.54) is 6.42 Å². The van der Waals surface area contributed by atoms with E-state index in [2.05, 4.69) is 20.6 Å². The number of pyridine rings is 1. The van der Waals surface area contributed by atoms with Crippen LogP contribution in [0.15, 0.2) is 36.7 Å². The Bertz CT molecular complexity index is 1050. The molecular formula is C22H28Cl2N6O. The summed E-state index contributed by atoms with van der Waals surface area (Å²) in [7, 11) is 0. The lowest BCUT2D eigenvalue weighted by Crippen LogP contribution is -2.53. The number of rotatable bonds is 3. The summed E-state index contributed by atoms with van der Waals surface area (Å²) in [4.78, 5) is 17.3. The van der Waals surface area contributed by atoms with Crippen molar-refractivity contribution >= 4 is 41.5 Å². The second-order valence-electron chi connectivity index (χ2n) is 8.49. The van der Waals surface area contributed by atoms with Crippen molar-refractivity contribution in [3.05, 3.63) is 48.0 Å². The zero-order valence-electron chi connectivity index (χ0n) is 17.4. The standard InChI is InChI=1S/C22H26N6O.2ClH/c1-13-20(22(29)25-21-14-4-2-5-15(21)11-17(23)10-14)26-27-28(13)19-7-3-6-16-12-24-9-8-18(16)19;;/h3,6-9,12,14-15,17,21H,2,4-5,10-11,23H2,1H3,(H,25,29);2*1H. The predicted octanol–water partition coefficient (Wildman–Crippen LogP) is 3.60. The van der Waals surface area contributed by atoms with Crippen LogP contribution in [-0.2, 0) is 0 Å². The molecule has 5 rings (SSSR count). The average Bonchev–Trinajstić information content (AvgIpc) is 3.09. The maximum absolute atomic E-state index is 13.1. The molecule has 2 aliphatic rings. The van der Waals surface area contributed by atoms with Gasteiger partial charge in [0.05, 0.1) is 11.4 Å². The van der Waals surface area contributed by atoms with Crippen LogP contribution in [0.25, 0.3) is 16.5 Å². The number of nitrogens with zero attached hydrogens (tertiary/aromatic N) is 4. The van der Waals surface area contributed by atoms with E-state index in [0.29, 0.717) is 17.5 Å². The molecule has 2 atom stereocenters. The Morgan fingerprint density at radius 3 is 2.65 bits per heavy atom. The van der Waals surface area contributed by atoms with Crippen molar-refractivity contribution in [2.75, 3.05) is 0 Å². The molecule has 9 heteroatoms. The largest absolute Gasteiger partial charge is 0.347 e. The van der Waals surface area contributed by atoms with E-state index in [4.69, 9.17) is 5.73 Å². The SMILES string of the molecule is Cc1c(C(=O)NC2C3CCCC2CC(N)C3)nnn1-c1cccc2cnccc12.Cl.Cl. The normalized spacial score (nSPS) is 24.7. The Hall–Kier alpha value is -2.22. The molecule has 0 spiro atoms. The highest BCUT2D eigenvalue weighted by atomic mass is 35.5. The number of benzene rings is 1. The predicted molar refractivity (Wildman–Crippen MR) is 125 cm³/mol. The maximum atomic E-state index is 13.1. The number of nitrogens with two attached hydrogens (primary N) is 1. The van der Waals surface area contributed by atoms with Gasteiger partial charge in [0.25, 0.3) is 5.91 Å². The third-order valence-electron chi connectivity index (χ3n) is 6.67. The molecule has 1 aromatic carbocycles. The zero-order chi connectivity index (χ0) is 20.0. The van der Waals surface area contributed by atoms with Crippen LogP contribution in [-0.4, -0.2) is 38.0 Å². The van der Waals surface area contributed by atoms with Crippen molar-refractivity contribution in [1.29, 1.82) is 0 Å². The van der Waals surface area contributed by atoms with Crippen LogP contribution < -0.4 is 11.1 Å².